The third kappa shape index (κ3) is 2.53. The first kappa shape index (κ1) is 13.0. The fourth-order valence-electron chi connectivity index (χ4n) is 2.08. The minimum atomic E-state index is -0.490. The predicted molar refractivity (Wildman–Crippen MR) is 70.5 cm³/mol. The number of hydrogen-bond acceptors (Lipinski definition) is 3. The molecule has 0 saturated carbocycles. The quantitative estimate of drug-likeness (QED) is 0.623. The van der Waals surface area contributed by atoms with Crippen molar-refractivity contribution < 1.29 is 9.72 Å². The van der Waals surface area contributed by atoms with Gasteiger partial charge in [0.05, 0.1) is 10.5 Å². The molecule has 1 aliphatic heterocycles. The Morgan fingerprint density at radius 3 is 2.83 bits per heavy atom. The minimum Gasteiger partial charge on any atom is -0.338 e. The van der Waals surface area contributed by atoms with Gasteiger partial charge < -0.3 is 4.90 Å². The minimum absolute atomic E-state index is 0.0613. The topological polar surface area (TPSA) is 63.5 Å². The van der Waals surface area contributed by atoms with Gasteiger partial charge in [-0.1, -0.05) is 6.92 Å². The average Bonchev–Trinajstić information content (AvgIpc) is 2.75. The first-order chi connectivity index (χ1) is 8.49. The predicted octanol–water partition coefficient (Wildman–Crippen LogP) is 2.84. The molecule has 0 radical (unpaired) electrons. The molecule has 1 atom stereocenters. The van der Waals surface area contributed by atoms with Crippen molar-refractivity contribution in [2.24, 2.45) is 5.92 Å². The van der Waals surface area contributed by atoms with Gasteiger partial charge >= 0.3 is 0 Å². The molecule has 1 saturated heterocycles. The van der Waals surface area contributed by atoms with E-state index in [9.17, 15) is 14.9 Å². The number of nitro groups is 1. The Kier molecular flexibility index (Phi) is 3.65. The molecule has 1 heterocycles. The summed E-state index contributed by atoms with van der Waals surface area (Å²) >= 11 is 3.27. The van der Waals surface area contributed by atoms with E-state index in [1.54, 1.807) is 11.0 Å². The second-order valence-electron chi connectivity index (χ2n) is 4.57. The largest absolute Gasteiger partial charge is 0.338 e. The zero-order valence-corrected chi connectivity index (χ0v) is 11.5. The van der Waals surface area contributed by atoms with E-state index in [0.29, 0.717) is 22.5 Å². The molecule has 5 nitrogen and oxygen atoms in total. The maximum atomic E-state index is 12.3. The van der Waals surface area contributed by atoms with Crippen LogP contribution in [0.3, 0.4) is 0 Å². The molecular formula is C12H13BrN2O3. The third-order valence-corrected chi connectivity index (χ3v) is 3.79. The van der Waals surface area contributed by atoms with Gasteiger partial charge in [-0.3, -0.25) is 14.9 Å². The van der Waals surface area contributed by atoms with Crippen LogP contribution in [0.1, 0.15) is 23.7 Å². The van der Waals surface area contributed by atoms with Gasteiger partial charge in [0, 0.05) is 29.7 Å². The van der Waals surface area contributed by atoms with Crippen LogP contribution in [0.15, 0.2) is 22.7 Å². The summed E-state index contributed by atoms with van der Waals surface area (Å²) in [4.78, 5) is 24.2. The lowest BCUT2D eigenvalue weighted by molar-refractivity contribution is -0.384. The van der Waals surface area contributed by atoms with Gasteiger partial charge in [-0.15, -0.1) is 0 Å². The summed E-state index contributed by atoms with van der Waals surface area (Å²) in [6.45, 7) is 3.53. The van der Waals surface area contributed by atoms with Gasteiger partial charge in [-0.2, -0.15) is 0 Å². The van der Waals surface area contributed by atoms with E-state index in [1.807, 2.05) is 0 Å². The molecule has 1 unspecified atom stereocenters. The molecular weight excluding hydrogens is 300 g/mol. The van der Waals surface area contributed by atoms with E-state index in [1.165, 1.54) is 12.1 Å². The zero-order chi connectivity index (χ0) is 13.3. The van der Waals surface area contributed by atoms with Crippen LogP contribution in [0.2, 0.25) is 0 Å². The highest BCUT2D eigenvalue weighted by Crippen LogP contribution is 2.26. The number of non-ortho nitro benzene ring substituents is 1. The van der Waals surface area contributed by atoms with Crippen molar-refractivity contribution in [1.29, 1.82) is 0 Å². The van der Waals surface area contributed by atoms with E-state index in [0.717, 1.165) is 13.0 Å². The maximum Gasteiger partial charge on any atom is 0.270 e. The summed E-state index contributed by atoms with van der Waals surface area (Å²) < 4.78 is 0.595. The molecule has 18 heavy (non-hydrogen) atoms. The second-order valence-corrected chi connectivity index (χ2v) is 5.42. The van der Waals surface area contributed by atoms with E-state index >= 15 is 0 Å². The molecule has 1 aromatic carbocycles. The highest BCUT2D eigenvalue weighted by molar-refractivity contribution is 9.10. The number of nitro benzene ring substituents is 1. The summed E-state index contributed by atoms with van der Waals surface area (Å²) in [5.41, 5.74) is 0.298. The molecule has 1 aliphatic rings. The Bertz CT molecular complexity index is 504. The summed E-state index contributed by atoms with van der Waals surface area (Å²) in [7, 11) is 0. The van der Waals surface area contributed by atoms with E-state index in [4.69, 9.17) is 0 Å². The van der Waals surface area contributed by atoms with Crippen LogP contribution < -0.4 is 0 Å². The number of halogens is 1. The van der Waals surface area contributed by atoms with Crippen molar-refractivity contribution in [2.75, 3.05) is 13.1 Å². The van der Waals surface area contributed by atoms with Gasteiger partial charge in [0.1, 0.15) is 0 Å². The number of amides is 1. The van der Waals surface area contributed by atoms with Crippen molar-refractivity contribution in [3.8, 4) is 0 Å². The lowest BCUT2D eigenvalue weighted by atomic mass is 10.1. The van der Waals surface area contributed by atoms with Crippen molar-refractivity contribution >= 4 is 27.5 Å². The van der Waals surface area contributed by atoms with Crippen molar-refractivity contribution in [3.63, 3.8) is 0 Å². The van der Waals surface area contributed by atoms with Gasteiger partial charge in [-0.05, 0) is 34.3 Å². The van der Waals surface area contributed by atoms with Crippen LogP contribution in [-0.4, -0.2) is 28.8 Å². The average molecular weight is 313 g/mol. The smallest absolute Gasteiger partial charge is 0.270 e. The van der Waals surface area contributed by atoms with Gasteiger partial charge in [0.2, 0.25) is 0 Å². The Labute approximate surface area is 113 Å². The van der Waals surface area contributed by atoms with Crippen LogP contribution in [0.25, 0.3) is 0 Å². The van der Waals surface area contributed by atoms with Crippen molar-refractivity contribution in [3.05, 3.63) is 38.3 Å². The highest BCUT2D eigenvalue weighted by atomic mass is 79.9. The molecule has 1 amide bonds. The lowest BCUT2D eigenvalue weighted by Gasteiger charge is -2.16. The van der Waals surface area contributed by atoms with Gasteiger partial charge in [0.25, 0.3) is 11.6 Å². The van der Waals surface area contributed by atoms with Crippen LogP contribution in [0, 0.1) is 16.0 Å². The molecule has 2 rings (SSSR count). The number of carbonyl (C=O) groups is 1. The molecule has 0 aromatic heterocycles. The lowest BCUT2D eigenvalue weighted by Crippen LogP contribution is -2.28. The number of rotatable bonds is 2. The molecule has 0 bridgehead atoms. The van der Waals surface area contributed by atoms with Crippen molar-refractivity contribution in [2.45, 2.75) is 13.3 Å². The van der Waals surface area contributed by atoms with Crippen LogP contribution in [-0.2, 0) is 0 Å². The monoisotopic (exact) mass is 312 g/mol. The summed E-state index contributed by atoms with van der Waals surface area (Å²) in [6, 6.07) is 4.26. The molecule has 1 aromatic rings. The number of nitrogens with zero attached hydrogens (tertiary/aromatic N) is 2. The molecule has 0 N–H and O–H groups in total. The van der Waals surface area contributed by atoms with Gasteiger partial charge in [-0.25, -0.2) is 0 Å². The number of hydrogen-bond donors (Lipinski definition) is 0. The standard InChI is InChI=1S/C12H13BrN2O3/c1-8-4-5-14(7-8)12(16)10-6-9(15(17)18)2-3-11(10)13/h2-3,6,8H,4-5,7H2,1H3. The molecule has 1 fully saturated rings. The van der Waals surface area contributed by atoms with Crippen LogP contribution in [0.4, 0.5) is 5.69 Å². The Hall–Kier alpha value is -1.43. The second kappa shape index (κ2) is 5.06. The molecule has 96 valence electrons. The summed E-state index contributed by atoms with van der Waals surface area (Å²) in [5, 5.41) is 10.7. The summed E-state index contributed by atoms with van der Waals surface area (Å²) in [5.74, 6) is 0.348. The zero-order valence-electron chi connectivity index (χ0n) is 9.93. The normalized spacial score (nSPS) is 19.0. The molecule has 6 heteroatoms. The Balaban J connectivity index is 2.29. The van der Waals surface area contributed by atoms with E-state index in [2.05, 4.69) is 22.9 Å². The number of benzene rings is 1. The fourth-order valence-corrected chi connectivity index (χ4v) is 2.50. The number of likely N-dealkylation sites (tertiary alicyclic amines) is 1. The SMILES string of the molecule is CC1CCN(C(=O)c2cc([N+](=O)[O-])ccc2Br)C1. The van der Waals surface area contributed by atoms with Crippen LogP contribution >= 0.6 is 15.9 Å². The number of carbonyl (C=O) groups excluding carboxylic acids is 1. The molecule has 0 aliphatic carbocycles. The summed E-state index contributed by atoms with van der Waals surface area (Å²) in [6.07, 6.45) is 0.984. The van der Waals surface area contributed by atoms with E-state index < -0.39 is 4.92 Å². The van der Waals surface area contributed by atoms with E-state index in [-0.39, 0.29) is 11.6 Å². The first-order valence-electron chi connectivity index (χ1n) is 5.72. The fraction of sp³-hybridized carbons (Fsp3) is 0.417. The molecule has 0 spiro atoms. The highest BCUT2D eigenvalue weighted by Gasteiger charge is 2.26. The Morgan fingerprint density at radius 2 is 2.28 bits per heavy atom. The third-order valence-electron chi connectivity index (χ3n) is 3.10. The van der Waals surface area contributed by atoms with Crippen LogP contribution in [0.5, 0.6) is 0 Å². The first-order valence-corrected chi connectivity index (χ1v) is 6.51. The maximum absolute atomic E-state index is 12.3. The Morgan fingerprint density at radius 1 is 1.56 bits per heavy atom. The van der Waals surface area contributed by atoms with Crippen molar-refractivity contribution in [1.82, 2.24) is 4.90 Å². The van der Waals surface area contributed by atoms with Gasteiger partial charge in [0.15, 0.2) is 0 Å².